The van der Waals surface area contributed by atoms with Gasteiger partial charge in [0, 0.05) is 11.8 Å². The van der Waals surface area contributed by atoms with Crippen molar-refractivity contribution in [1.82, 2.24) is 0 Å². The summed E-state index contributed by atoms with van der Waals surface area (Å²) < 4.78 is 0. The molecule has 0 spiro atoms. The smallest absolute Gasteiger partial charge is 0.0665 e. The zero-order valence-corrected chi connectivity index (χ0v) is 26.3. The minimum Gasteiger partial charge on any atom is -0.252 e. The van der Waals surface area contributed by atoms with Crippen LogP contribution in [0.25, 0.3) is 44.8 Å². The molecule has 7 aromatic carbocycles. The molecular weight excluding hydrogens is 567 g/mol. The minimum absolute atomic E-state index is 0.240. The standard InChI is InChI=1S/C46H35N/c1-2-13-32(14-3-1)38-29-28-33-15-6-11-21-43(33)47-46(38)35-25-23-34(24-26-35)44-39-17-7-9-19-41(39)45(42-20-10-8-18-40(42)44)37-27-22-31-12-4-5-16-36(31)30-37/h1-26,30,37-38H,27-29H2. The van der Waals surface area contributed by atoms with Gasteiger partial charge in [-0.05, 0) is 90.7 Å². The Hall–Kier alpha value is -5.53. The first-order chi connectivity index (χ1) is 23.3. The van der Waals surface area contributed by atoms with Gasteiger partial charge < -0.3 is 0 Å². The largest absolute Gasteiger partial charge is 0.252 e. The molecule has 0 amide bonds. The van der Waals surface area contributed by atoms with E-state index in [2.05, 4.69) is 164 Å². The van der Waals surface area contributed by atoms with Crippen molar-refractivity contribution in [3.8, 4) is 11.1 Å². The molecule has 9 rings (SSSR count). The fourth-order valence-electron chi connectivity index (χ4n) is 8.02. The fraction of sp³-hybridized carbons (Fsp3) is 0.109. The second-order valence-corrected chi connectivity index (χ2v) is 12.9. The summed E-state index contributed by atoms with van der Waals surface area (Å²) in [7, 11) is 0. The summed E-state index contributed by atoms with van der Waals surface area (Å²) in [5, 5.41) is 7.97. The molecule has 1 heterocycles. The molecule has 0 saturated carbocycles. The van der Waals surface area contributed by atoms with Gasteiger partial charge in [0.1, 0.15) is 0 Å². The first kappa shape index (κ1) is 27.8. The van der Waals surface area contributed by atoms with Gasteiger partial charge in [0.05, 0.1) is 11.4 Å². The fourth-order valence-corrected chi connectivity index (χ4v) is 8.02. The van der Waals surface area contributed by atoms with Gasteiger partial charge in [-0.15, -0.1) is 0 Å². The number of hydrogen-bond acceptors (Lipinski definition) is 1. The van der Waals surface area contributed by atoms with Crippen molar-refractivity contribution < 1.29 is 0 Å². The van der Waals surface area contributed by atoms with Gasteiger partial charge >= 0.3 is 0 Å². The Balaban J connectivity index is 1.20. The van der Waals surface area contributed by atoms with E-state index in [1.807, 2.05) is 0 Å². The van der Waals surface area contributed by atoms with Crippen LogP contribution in [0.2, 0.25) is 0 Å². The zero-order chi connectivity index (χ0) is 31.2. The summed E-state index contributed by atoms with van der Waals surface area (Å²) in [6, 6.07) is 55.6. The lowest BCUT2D eigenvalue weighted by Crippen LogP contribution is -2.27. The number of para-hydroxylation sites is 1. The molecule has 1 aliphatic heterocycles. The van der Waals surface area contributed by atoms with Crippen molar-refractivity contribution in [3.05, 3.63) is 184 Å². The molecule has 0 N–H and O–H groups in total. The van der Waals surface area contributed by atoms with E-state index >= 15 is 0 Å². The van der Waals surface area contributed by atoms with E-state index in [-0.39, 0.29) is 5.92 Å². The summed E-state index contributed by atoms with van der Waals surface area (Å²) in [4.78, 5) is 5.36. The van der Waals surface area contributed by atoms with Gasteiger partial charge in [-0.3, -0.25) is 4.99 Å². The van der Waals surface area contributed by atoms with E-state index in [1.165, 1.54) is 65.4 Å². The maximum atomic E-state index is 5.36. The molecule has 2 aliphatic rings. The Morgan fingerprint density at radius 3 is 1.85 bits per heavy atom. The number of benzene rings is 7. The molecule has 0 fully saturated rings. The number of aryl methyl sites for hydroxylation is 1. The Morgan fingerprint density at radius 2 is 1.11 bits per heavy atom. The first-order valence-corrected chi connectivity index (χ1v) is 16.8. The van der Waals surface area contributed by atoms with Crippen molar-refractivity contribution >= 4 is 45.1 Å². The predicted molar refractivity (Wildman–Crippen MR) is 199 cm³/mol. The maximum Gasteiger partial charge on any atom is 0.0665 e. The average Bonchev–Trinajstić information content (AvgIpc) is 3.34. The molecule has 2 atom stereocenters. The number of nitrogens with zero attached hydrogens (tertiary/aromatic N) is 1. The Labute approximate surface area is 275 Å². The van der Waals surface area contributed by atoms with Crippen LogP contribution in [0.1, 0.15) is 46.9 Å². The summed E-state index contributed by atoms with van der Waals surface area (Å²) in [6.45, 7) is 0. The molecule has 0 radical (unpaired) electrons. The molecule has 1 aliphatic carbocycles. The molecular formula is C46H35N. The van der Waals surface area contributed by atoms with E-state index in [1.54, 1.807) is 0 Å². The molecule has 1 heteroatoms. The quantitative estimate of drug-likeness (QED) is 0.178. The third-order valence-corrected chi connectivity index (χ3v) is 10.2. The third kappa shape index (κ3) is 4.91. The van der Waals surface area contributed by atoms with Crippen LogP contribution in [-0.4, -0.2) is 5.71 Å². The Bertz CT molecular complexity index is 2380. The molecule has 0 saturated heterocycles. The highest BCUT2D eigenvalue weighted by Gasteiger charge is 2.25. The van der Waals surface area contributed by atoms with Gasteiger partial charge in [-0.1, -0.05) is 158 Å². The van der Waals surface area contributed by atoms with E-state index in [0.29, 0.717) is 5.92 Å². The molecule has 47 heavy (non-hydrogen) atoms. The Kier molecular flexibility index (Phi) is 6.90. The molecule has 0 bridgehead atoms. The van der Waals surface area contributed by atoms with Crippen LogP contribution in [0.4, 0.5) is 5.69 Å². The van der Waals surface area contributed by atoms with Crippen molar-refractivity contribution in [3.63, 3.8) is 0 Å². The van der Waals surface area contributed by atoms with Crippen molar-refractivity contribution in [2.45, 2.75) is 31.1 Å². The van der Waals surface area contributed by atoms with Gasteiger partial charge in [-0.25, -0.2) is 0 Å². The lowest BCUT2D eigenvalue weighted by molar-refractivity contribution is 0.776. The van der Waals surface area contributed by atoms with Crippen molar-refractivity contribution in [2.24, 2.45) is 4.99 Å². The van der Waals surface area contributed by atoms with Crippen LogP contribution in [0.15, 0.2) is 157 Å². The maximum absolute atomic E-state index is 5.36. The van der Waals surface area contributed by atoms with Gasteiger partial charge in [0.15, 0.2) is 0 Å². The van der Waals surface area contributed by atoms with Crippen LogP contribution in [-0.2, 0) is 6.42 Å². The van der Waals surface area contributed by atoms with E-state index in [9.17, 15) is 0 Å². The van der Waals surface area contributed by atoms with Crippen molar-refractivity contribution in [2.75, 3.05) is 0 Å². The predicted octanol–water partition coefficient (Wildman–Crippen LogP) is 10.3. The lowest BCUT2D eigenvalue weighted by atomic mass is 9.81. The number of fused-ring (bicyclic) bond motifs is 4. The van der Waals surface area contributed by atoms with Crippen molar-refractivity contribution in [1.29, 1.82) is 0 Å². The van der Waals surface area contributed by atoms with Gasteiger partial charge in [-0.2, -0.15) is 0 Å². The van der Waals surface area contributed by atoms with Gasteiger partial charge in [0.2, 0.25) is 0 Å². The van der Waals surface area contributed by atoms with E-state index in [0.717, 1.165) is 30.7 Å². The third-order valence-electron chi connectivity index (χ3n) is 10.2. The molecule has 2 unspecified atom stereocenters. The van der Waals surface area contributed by atoms with Gasteiger partial charge in [0.25, 0.3) is 0 Å². The lowest BCUT2D eigenvalue weighted by Gasteiger charge is -2.23. The topological polar surface area (TPSA) is 12.4 Å². The summed E-state index contributed by atoms with van der Waals surface area (Å²) in [5.41, 5.74) is 10.1. The normalized spacial score (nSPS) is 17.1. The molecule has 1 nitrogen and oxygen atoms in total. The summed E-state index contributed by atoms with van der Waals surface area (Å²) in [6.07, 6.45) is 7.96. The van der Waals surface area contributed by atoms with Crippen LogP contribution < -0.4 is 10.4 Å². The first-order valence-electron chi connectivity index (χ1n) is 16.8. The number of hydrogen-bond donors (Lipinski definition) is 0. The highest BCUT2D eigenvalue weighted by atomic mass is 14.8. The number of aliphatic imine (C=N–C) groups is 1. The van der Waals surface area contributed by atoms with E-state index < -0.39 is 0 Å². The summed E-state index contributed by atoms with van der Waals surface area (Å²) in [5.74, 6) is 0.561. The van der Waals surface area contributed by atoms with Crippen LogP contribution in [0.5, 0.6) is 0 Å². The zero-order valence-electron chi connectivity index (χ0n) is 26.3. The molecule has 0 aromatic heterocycles. The summed E-state index contributed by atoms with van der Waals surface area (Å²) >= 11 is 0. The minimum atomic E-state index is 0.240. The number of rotatable bonds is 4. The Morgan fingerprint density at radius 1 is 0.511 bits per heavy atom. The highest BCUT2D eigenvalue weighted by Crippen LogP contribution is 2.44. The molecule has 224 valence electrons. The van der Waals surface area contributed by atoms with Crippen LogP contribution in [0.3, 0.4) is 0 Å². The second-order valence-electron chi connectivity index (χ2n) is 12.9. The molecule has 7 aromatic rings. The SMILES string of the molecule is C1=c2ccccc2=CC(c2c3ccccc3c(-c3ccc(C4=Nc5ccccc5CCC4c4ccccc4)cc3)c3ccccc23)C1. The van der Waals surface area contributed by atoms with Crippen LogP contribution in [0, 0.1) is 0 Å². The van der Waals surface area contributed by atoms with E-state index in [4.69, 9.17) is 4.99 Å². The second kappa shape index (κ2) is 11.7. The monoisotopic (exact) mass is 601 g/mol. The van der Waals surface area contributed by atoms with Crippen LogP contribution >= 0.6 is 0 Å². The average molecular weight is 602 g/mol. The highest BCUT2D eigenvalue weighted by molar-refractivity contribution is 6.16.